The number of rotatable bonds is 5. The van der Waals surface area contributed by atoms with Crippen LogP contribution < -0.4 is 10.3 Å². The first-order valence-corrected chi connectivity index (χ1v) is 8.71. The third kappa shape index (κ3) is 3.45. The molecule has 6 nitrogen and oxygen atoms in total. The van der Waals surface area contributed by atoms with Crippen molar-refractivity contribution in [2.45, 2.75) is 13.2 Å². The highest BCUT2D eigenvalue weighted by atomic mass is 32.1. The molecule has 0 radical (unpaired) electrons. The zero-order valence-corrected chi connectivity index (χ0v) is 14.3. The molecule has 0 aliphatic rings. The molecule has 8 heteroatoms. The highest BCUT2D eigenvalue weighted by Gasteiger charge is 2.09. The minimum absolute atomic E-state index is 0.201. The van der Waals surface area contributed by atoms with Gasteiger partial charge in [0.25, 0.3) is 5.56 Å². The Balaban J connectivity index is 1.47. The Morgan fingerprint density at radius 1 is 1.12 bits per heavy atom. The van der Waals surface area contributed by atoms with Gasteiger partial charge in [-0.3, -0.25) is 4.79 Å². The van der Waals surface area contributed by atoms with E-state index in [4.69, 9.17) is 4.74 Å². The van der Waals surface area contributed by atoms with E-state index in [0.29, 0.717) is 22.3 Å². The first-order valence-electron chi connectivity index (χ1n) is 7.83. The summed E-state index contributed by atoms with van der Waals surface area (Å²) in [5, 5.41) is 11.2. The Morgan fingerprint density at radius 2 is 1.92 bits per heavy atom. The van der Waals surface area contributed by atoms with Crippen LogP contribution in [0.15, 0.2) is 58.7 Å². The average Bonchev–Trinajstić information content (AvgIpc) is 3.11. The van der Waals surface area contributed by atoms with Gasteiger partial charge in [-0.1, -0.05) is 17.3 Å². The van der Waals surface area contributed by atoms with E-state index in [9.17, 15) is 9.18 Å². The summed E-state index contributed by atoms with van der Waals surface area (Å²) in [6, 6.07) is 12.9. The molecular weight excluding hydrogens is 355 g/mol. The molecule has 4 aromatic rings. The second-order valence-corrected chi connectivity index (χ2v) is 6.49. The lowest BCUT2D eigenvalue weighted by Crippen LogP contribution is -2.24. The molecule has 0 N–H and O–H groups in total. The second-order valence-electron chi connectivity index (χ2n) is 5.54. The molecule has 2 aromatic carbocycles. The van der Waals surface area contributed by atoms with E-state index in [0.717, 1.165) is 5.01 Å². The van der Waals surface area contributed by atoms with Gasteiger partial charge < -0.3 is 4.74 Å². The number of benzene rings is 2. The van der Waals surface area contributed by atoms with E-state index < -0.39 is 0 Å². The number of fused-ring (bicyclic) bond motifs is 1. The molecule has 0 spiro atoms. The van der Waals surface area contributed by atoms with Crippen molar-refractivity contribution >= 4 is 22.2 Å². The van der Waals surface area contributed by atoms with Crippen molar-refractivity contribution in [2.75, 3.05) is 0 Å². The van der Waals surface area contributed by atoms with Crippen LogP contribution in [0.2, 0.25) is 0 Å². The zero-order valence-electron chi connectivity index (χ0n) is 13.5. The number of halogens is 1. The van der Waals surface area contributed by atoms with Crippen molar-refractivity contribution in [1.29, 1.82) is 0 Å². The average molecular weight is 368 g/mol. The van der Waals surface area contributed by atoms with Crippen LogP contribution in [-0.4, -0.2) is 20.0 Å². The van der Waals surface area contributed by atoms with Gasteiger partial charge >= 0.3 is 0 Å². The van der Waals surface area contributed by atoms with Crippen molar-refractivity contribution in [3.05, 3.63) is 80.8 Å². The quantitative estimate of drug-likeness (QED) is 0.542. The summed E-state index contributed by atoms with van der Waals surface area (Å²) in [7, 11) is 0. The van der Waals surface area contributed by atoms with Crippen molar-refractivity contribution in [1.82, 2.24) is 20.0 Å². The highest BCUT2D eigenvalue weighted by molar-refractivity contribution is 7.09. The summed E-state index contributed by atoms with van der Waals surface area (Å²) in [5.41, 5.74) is 1.08. The zero-order chi connectivity index (χ0) is 17.9. The fraction of sp³-hybridized carbons (Fsp3) is 0.111. The molecule has 0 fully saturated rings. The minimum atomic E-state index is -0.309. The Hall–Kier alpha value is -3.13. The molecule has 0 bridgehead atoms. The lowest BCUT2D eigenvalue weighted by atomic mass is 10.2. The molecule has 2 heterocycles. The predicted octanol–water partition coefficient (Wildman–Crippen LogP) is 3.01. The summed E-state index contributed by atoms with van der Waals surface area (Å²) in [5.74, 6) is 0.260. The van der Waals surface area contributed by atoms with E-state index in [1.165, 1.54) is 28.2 Å². The maximum absolute atomic E-state index is 12.9. The molecule has 26 heavy (non-hydrogen) atoms. The number of hydrogen-bond acceptors (Lipinski definition) is 6. The molecular formula is C18H13FN4O2S. The van der Waals surface area contributed by atoms with E-state index in [2.05, 4.69) is 15.3 Å². The molecule has 0 atom stereocenters. The van der Waals surface area contributed by atoms with Crippen LogP contribution in [0.4, 0.5) is 4.39 Å². The third-order valence-corrected chi connectivity index (χ3v) is 4.59. The SMILES string of the molecule is O=c1c2ccccc2nnn1Cc1csc(COc2ccc(F)cc2)n1. The van der Waals surface area contributed by atoms with Gasteiger partial charge in [-0.15, -0.1) is 16.4 Å². The van der Waals surface area contributed by atoms with Crippen LogP contribution in [-0.2, 0) is 13.2 Å². The van der Waals surface area contributed by atoms with E-state index >= 15 is 0 Å². The molecule has 4 rings (SSSR count). The summed E-state index contributed by atoms with van der Waals surface area (Å²) in [4.78, 5) is 16.9. The van der Waals surface area contributed by atoms with E-state index in [-0.39, 0.29) is 24.5 Å². The van der Waals surface area contributed by atoms with Crippen LogP contribution in [0.3, 0.4) is 0 Å². The van der Waals surface area contributed by atoms with Crippen molar-refractivity contribution in [3.63, 3.8) is 0 Å². The third-order valence-electron chi connectivity index (χ3n) is 3.72. The number of nitrogens with zero attached hydrogens (tertiary/aromatic N) is 4. The van der Waals surface area contributed by atoms with Gasteiger partial charge in [-0.05, 0) is 36.4 Å². The molecule has 0 saturated heterocycles. The molecule has 0 aliphatic carbocycles. The van der Waals surface area contributed by atoms with Gasteiger partial charge in [-0.25, -0.2) is 14.1 Å². The summed E-state index contributed by atoms with van der Waals surface area (Å²) >= 11 is 1.43. The van der Waals surface area contributed by atoms with Gasteiger partial charge in [0.05, 0.1) is 17.6 Å². The lowest BCUT2D eigenvalue weighted by Gasteiger charge is -2.04. The van der Waals surface area contributed by atoms with Crippen LogP contribution in [0.1, 0.15) is 10.7 Å². The van der Waals surface area contributed by atoms with Gasteiger partial charge in [-0.2, -0.15) is 0 Å². The maximum Gasteiger partial charge on any atom is 0.277 e. The molecule has 130 valence electrons. The standard InChI is InChI=1S/C18H13FN4O2S/c19-12-5-7-14(8-6-12)25-10-17-20-13(11-26-17)9-23-18(24)15-3-1-2-4-16(15)21-22-23/h1-8,11H,9-10H2. The summed E-state index contributed by atoms with van der Waals surface area (Å²) < 4.78 is 19.8. The molecule has 0 saturated carbocycles. The highest BCUT2D eigenvalue weighted by Crippen LogP contribution is 2.16. The van der Waals surface area contributed by atoms with Crippen LogP contribution in [0.5, 0.6) is 5.75 Å². The largest absolute Gasteiger partial charge is 0.486 e. The lowest BCUT2D eigenvalue weighted by molar-refractivity contribution is 0.304. The molecule has 0 aliphatic heterocycles. The fourth-order valence-electron chi connectivity index (χ4n) is 2.44. The first-order chi connectivity index (χ1) is 12.7. The van der Waals surface area contributed by atoms with Gasteiger partial charge in [0, 0.05) is 5.38 Å². The predicted molar refractivity (Wildman–Crippen MR) is 95.7 cm³/mol. The first kappa shape index (κ1) is 16.3. The summed E-state index contributed by atoms with van der Waals surface area (Å²) in [6.07, 6.45) is 0. The monoisotopic (exact) mass is 368 g/mol. The fourth-order valence-corrected chi connectivity index (χ4v) is 3.14. The second kappa shape index (κ2) is 7.01. The summed E-state index contributed by atoms with van der Waals surface area (Å²) in [6.45, 7) is 0.512. The number of hydrogen-bond donors (Lipinski definition) is 0. The Labute approximate surface area is 151 Å². The molecule has 0 amide bonds. The van der Waals surface area contributed by atoms with Gasteiger partial charge in [0.15, 0.2) is 0 Å². The van der Waals surface area contributed by atoms with Crippen LogP contribution in [0, 0.1) is 5.82 Å². The maximum atomic E-state index is 12.9. The Bertz CT molecular complexity index is 1110. The topological polar surface area (TPSA) is 69.9 Å². The van der Waals surface area contributed by atoms with Crippen molar-refractivity contribution < 1.29 is 9.13 Å². The smallest absolute Gasteiger partial charge is 0.277 e. The number of ether oxygens (including phenoxy) is 1. The minimum Gasteiger partial charge on any atom is -0.486 e. The van der Waals surface area contributed by atoms with Crippen molar-refractivity contribution in [2.24, 2.45) is 0 Å². The molecule has 0 unspecified atom stereocenters. The normalized spacial score (nSPS) is 11.0. The Morgan fingerprint density at radius 3 is 2.77 bits per heavy atom. The van der Waals surface area contributed by atoms with Crippen LogP contribution in [0.25, 0.3) is 10.9 Å². The molecule has 2 aromatic heterocycles. The number of aromatic nitrogens is 4. The van der Waals surface area contributed by atoms with Gasteiger partial charge in [0.1, 0.15) is 28.7 Å². The van der Waals surface area contributed by atoms with Crippen molar-refractivity contribution in [3.8, 4) is 5.75 Å². The Kier molecular flexibility index (Phi) is 4.40. The number of thiazole rings is 1. The van der Waals surface area contributed by atoms with Crippen LogP contribution >= 0.6 is 11.3 Å². The van der Waals surface area contributed by atoms with E-state index in [1.54, 1.807) is 30.3 Å². The van der Waals surface area contributed by atoms with E-state index in [1.807, 2.05) is 11.4 Å². The van der Waals surface area contributed by atoms with Gasteiger partial charge in [0.2, 0.25) is 0 Å².